The Balaban J connectivity index is 1.82. The molecule has 2 rings (SSSR count). The smallest absolute Gasteiger partial charge is 0.313 e. The summed E-state index contributed by atoms with van der Waals surface area (Å²) in [6, 6.07) is 5.97. The van der Waals surface area contributed by atoms with E-state index in [0.29, 0.717) is 13.0 Å². The van der Waals surface area contributed by atoms with E-state index in [4.69, 9.17) is 14.2 Å². The van der Waals surface area contributed by atoms with E-state index in [9.17, 15) is 9.18 Å². The maximum absolute atomic E-state index is 13.0. The molecule has 0 bridgehead atoms. The van der Waals surface area contributed by atoms with Crippen LogP contribution in [0.5, 0.6) is 0 Å². The summed E-state index contributed by atoms with van der Waals surface area (Å²) >= 11 is 0. The lowest BCUT2D eigenvalue weighted by molar-refractivity contribution is -0.163. The fourth-order valence-corrected chi connectivity index (χ4v) is 2.60. The summed E-state index contributed by atoms with van der Waals surface area (Å²) in [5, 5.41) is 0. The Labute approximate surface area is 130 Å². The second-order valence-electron chi connectivity index (χ2n) is 5.44. The minimum absolute atomic E-state index is 0.115. The summed E-state index contributed by atoms with van der Waals surface area (Å²) in [4.78, 5) is 11.9. The molecule has 4 nitrogen and oxygen atoms in total. The summed E-state index contributed by atoms with van der Waals surface area (Å²) in [7, 11) is 1.37. The van der Waals surface area contributed by atoms with Crippen molar-refractivity contribution >= 4 is 5.97 Å². The first-order valence-electron chi connectivity index (χ1n) is 7.77. The van der Waals surface area contributed by atoms with E-state index in [0.717, 1.165) is 37.9 Å². The van der Waals surface area contributed by atoms with Gasteiger partial charge in [-0.2, -0.15) is 0 Å². The number of hydrogen-bond donors (Lipinski definition) is 0. The molecule has 1 unspecified atom stereocenters. The average Bonchev–Trinajstić information content (AvgIpc) is 2.56. The SMILES string of the molecule is COC(=O)[C@@H](CCCOC1CCCCO1)c1ccc(F)cc1. The van der Waals surface area contributed by atoms with E-state index in [1.54, 1.807) is 12.1 Å². The number of halogens is 1. The Hall–Kier alpha value is -1.46. The van der Waals surface area contributed by atoms with Crippen molar-refractivity contribution in [1.82, 2.24) is 0 Å². The van der Waals surface area contributed by atoms with E-state index in [2.05, 4.69) is 0 Å². The van der Waals surface area contributed by atoms with E-state index in [1.807, 2.05) is 0 Å². The maximum atomic E-state index is 13.0. The van der Waals surface area contributed by atoms with Crippen LogP contribution in [0.2, 0.25) is 0 Å². The van der Waals surface area contributed by atoms with Gasteiger partial charge in [-0.25, -0.2) is 4.39 Å². The summed E-state index contributed by atoms with van der Waals surface area (Å²) in [6.45, 7) is 1.30. The zero-order chi connectivity index (χ0) is 15.8. The van der Waals surface area contributed by atoms with Crippen molar-refractivity contribution in [3.05, 3.63) is 35.6 Å². The highest BCUT2D eigenvalue weighted by Crippen LogP contribution is 2.23. The van der Waals surface area contributed by atoms with Gasteiger partial charge in [-0.1, -0.05) is 12.1 Å². The van der Waals surface area contributed by atoms with Crippen molar-refractivity contribution in [3.8, 4) is 0 Å². The van der Waals surface area contributed by atoms with Crippen LogP contribution in [0.1, 0.15) is 43.6 Å². The molecule has 1 aromatic carbocycles. The van der Waals surface area contributed by atoms with E-state index >= 15 is 0 Å². The van der Waals surface area contributed by atoms with Gasteiger partial charge in [0.2, 0.25) is 0 Å². The van der Waals surface area contributed by atoms with Crippen LogP contribution < -0.4 is 0 Å². The number of hydrogen-bond acceptors (Lipinski definition) is 4. The Morgan fingerprint density at radius 3 is 2.77 bits per heavy atom. The van der Waals surface area contributed by atoms with Crippen LogP contribution in [0, 0.1) is 5.82 Å². The first-order chi connectivity index (χ1) is 10.7. The molecule has 0 N–H and O–H groups in total. The minimum atomic E-state index is -0.388. The monoisotopic (exact) mass is 310 g/mol. The molecule has 1 heterocycles. The van der Waals surface area contributed by atoms with Crippen molar-refractivity contribution in [2.75, 3.05) is 20.3 Å². The molecule has 0 aromatic heterocycles. The standard InChI is InChI=1S/C17H23FO4/c1-20-17(19)15(13-7-9-14(18)10-8-13)5-4-12-22-16-6-2-3-11-21-16/h7-10,15-16H,2-6,11-12H2,1H3/t15-,16?/m0/s1. The predicted octanol–water partition coefficient (Wildman–Crippen LogP) is 3.41. The van der Waals surface area contributed by atoms with Crippen LogP contribution in [0.4, 0.5) is 4.39 Å². The summed E-state index contributed by atoms with van der Waals surface area (Å²) in [5.41, 5.74) is 0.766. The normalized spacial score (nSPS) is 19.6. The van der Waals surface area contributed by atoms with Crippen LogP contribution in [0.3, 0.4) is 0 Å². The number of carbonyl (C=O) groups excluding carboxylic acids is 1. The lowest BCUT2D eigenvalue weighted by atomic mass is 9.94. The van der Waals surface area contributed by atoms with Gasteiger partial charge >= 0.3 is 5.97 Å². The van der Waals surface area contributed by atoms with Gasteiger partial charge in [0.1, 0.15) is 5.82 Å². The third kappa shape index (κ3) is 5.07. The Bertz CT molecular complexity index is 454. The van der Waals surface area contributed by atoms with Crippen molar-refractivity contribution < 1.29 is 23.4 Å². The minimum Gasteiger partial charge on any atom is -0.469 e. The predicted molar refractivity (Wildman–Crippen MR) is 79.9 cm³/mol. The highest BCUT2D eigenvalue weighted by atomic mass is 19.1. The third-order valence-corrected chi connectivity index (χ3v) is 3.84. The Morgan fingerprint density at radius 2 is 2.14 bits per heavy atom. The zero-order valence-electron chi connectivity index (χ0n) is 12.9. The molecule has 1 fully saturated rings. The van der Waals surface area contributed by atoms with Gasteiger partial charge in [-0.05, 0) is 49.8 Å². The molecule has 122 valence electrons. The number of benzene rings is 1. The first-order valence-corrected chi connectivity index (χ1v) is 7.77. The summed E-state index contributed by atoms with van der Waals surface area (Å²) < 4.78 is 29.0. The van der Waals surface area contributed by atoms with E-state index in [1.165, 1.54) is 19.2 Å². The van der Waals surface area contributed by atoms with Gasteiger partial charge < -0.3 is 14.2 Å². The van der Waals surface area contributed by atoms with Crippen molar-refractivity contribution in [1.29, 1.82) is 0 Å². The second-order valence-corrected chi connectivity index (χ2v) is 5.44. The molecule has 0 saturated carbocycles. The van der Waals surface area contributed by atoms with Crippen LogP contribution in [-0.2, 0) is 19.0 Å². The largest absolute Gasteiger partial charge is 0.469 e. The van der Waals surface area contributed by atoms with E-state index in [-0.39, 0.29) is 24.0 Å². The Morgan fingerprint density at radius 1 is 1.36 bits per heavy atom. The molecule has 2 atom stereocenters. The van der Waals surface area contributed by atoms with E-state index < -0.39 is 0 Å². The fourth-order valence-electron chi connectivity index (χ4n) is 2.60. The lowest BCUT2D eigenvalue weighted by Crippen LogP contribution is -2.23. The summed E-state index contributed by atoms with van der Waals surface area (Å²) in [6.07, 6.45) is 4.36. The lowest BCUT2D eigenvalue weighted by Gasteiger charge is -2.23. The van der Waals surface area contributed by atoms with Crippen LogP contribution in [0.15, 0.2) is 24.3 Å². The molecule has 0 aliphatic carbocycles. The van der Waals surface area contributed by atoms with Gasteiger partial charge in [-0.3, -0.25) is 4.79 Å². The molecule has 0 radical (unpaired) electrons. The fraction of sp³-hybridized carbons (Fsp3) is 0.588. The quantitative estimate of drug-likeness (QED) is 0.572. The topological polar surface area (TPSA) is 44.8 Å². The highest BCUT2D eigenvalue weighted by Gasteiger charge is 2.21. The number of rotatable bonds is 7. The van der Waals surface area contributed by atoms with Crippen LogP contribution >= 0.6 is 0 Å². The number of ether oxygens (including phenoxy) is 3. The number of carbonyl (C=O) groups is 1. The van der Waals surface area contributed by atoms with Gasteiger partial charge in [0, 0.05) is 13.2 Å². The molecule has 1 aliphatic rings. The highest BCUT2D eigenvalue weighted by molar-refractivity contribution is 5.77. The summed E-state index contributed by atoms with van der Waals surface area (Å²) in [5.74, 6) is -1.01. The maximum Gasteiger partial charge on any atom is 0.313 e. The van der Waals surface area contributed by atoms with Crippen molar-refractivity contribution in [2.24, 2.45) is 0 Å². The number of methoxy groups -OCH3 is 1. The van der Waals surface area contributed by atoms with Gasteiger partial charge in [-0.15, -0.1) is 0 Å². The third-order valence-electron chi connectivity index (χ3n) is 3.84. The molecule has 0 amide bonds. The van der Waals surface area contributed by atoms with Gasteiger partial charge in [0.25, 0.3) is 0 Å². The first kappa shape index (κ1) is 16.9. The number of esters is 1. The molecule has 1 saturated heterocycles. The average molecular weight is 310 g/mol. The molecule has 5 heteroatoms. The second kappa shape index (κ2) is 8.86. The molecule has 22 heavy (non-hydrogen) atoms. The van der Waals surface area contributed by atoms with Crippen LogP contribution in [-0.4, -0.2) is 32.6 Å². The molecular weight excluding hydrogens is 287 g/mol. The molecular formula is C17H23FO4. The molecule has 1 aromatic rings. The molecule has 1 aliphatic heterocycles. The van der Waals surface area contributed by atoms with Gasteiger partial charge in [0.15, 0.2) is 6.29 Å². The zero-order valence-corrected chi connectivity index (χ0v) is 12.9. The Kier molecular flexibility index (Phi) is 6.80. The van der Waals surface area contributed by atoms with Crippen molar-refractivity contribution in [3.63, 3.8) is 0 Å². The van der Waals surface area contributed by atoms with Crippen molar-refractivity contribution in [2.45, 2.75) is 44.3 Å². The van der Waals surface area contributed by atoms with Crippen LogP contribution in [0.25, 0.3) is 0 Å². The van der Waals surface area contributed by atoms with Gasteiger partial charge in [0.05, 0.1) is 13.0 Å². The molecule has 0 spiro atoms.